The van der Waals surface area contributed by atoms with E-state index in [1.54, 1.807) is 0 Å². The van der Waals surface area contributed by atoms with Crippen molar-refractivity contribution in [1.29, 1.82) is 0 Å². The van der Waals surface area contributed by atoms with Crippen LogP contribution in [-0.4, -0.2) is 25.7 Å². The van der Waals surface area contributed by atoms with Gasteiger partial charge in [0.15, 0.2) is 0 Å². The highest BCUT2D eigenvalue weighted by molar-refractivity contribution is 5.59. The number of benzene rings is 1. The van der Waals surface area contributed by atoms with E-state index in [9.17, 15) is 18.0 Å². The number of hydrogen-bond donors (Lipinski definition) is 1. The van der Waals surface area contributed by atoms with Crippen molar-refractivity contribution in [2.24, 2.45) is 5.73 Å². The lowest BCUT2D eigenvalue weighted by Gasteiger charge is -2.41. The second kappa shape index (κ2) is 6.56. The summed E-state index contributed by atoms with van der Waals surface area (Å²) in [6, 6.07) is 3.34. The van der Waals surface area contributed by atoms with Crippen molar-refractivity contribution in [2.45, 2.75) is 38.0 Å². The molecular formula is C15H19F3N2O2. The van der Waals surface area contributed by atoms with Gasteiger partial charge in [0.25, 0.3) is 6.47 Å². The molecule has 0 saturated carbocycles. The molecule has 0 spiro atoms. The number of nitrogens with zero attached hydrogens (tertiary/aromatic N) is 1. The number of ether oxygens (including phenoxy) is 1. The average molecular weight is 316 g/mol. The second-order valence-electron chi connectivity index (χ2n) is 5.34. The number of rotatable bonds is 5. The molecule has 1 aliphatic heterocycles. The van der Waals surface area contributed by atoms with Crippen LogP contribution in [0.4, 0.5) is 18.9 Å². The zero-order valence-corrected chi connectivity index (χ0v) is 12.3. The lowest BCUT2D eigenvalue weighted by molar-refractivity contribution is -0.137. The van der Waals surface area contributed by atoms with E-state index >= 15 is 0 Å². The Balaban J connectivity index is 2.36. The van der Waals surface area contributed by atoms with Crippen LogP contribution in [0, 0.1) is 0 Å². The maximum absolute atomic E-state index is 12.9. The number of carbonyl (C=O) groups is 1. The number of fused-ring (bicyclic) bond motifs is 1. The van der Waals surface area contributed by atoms with Crippen molar-refractivity contribution in [3.8, 4) is 0 Å². The van der Waals surface area contributed by atoms with Gasteiger partial charge in [0, 0.05) is 17.8 Å². The third-order valence-electron chi connectivity index (χ3n) is 4.02. The zero-order chi connectivity index (χ0) is 16.3. The molecule has 7 heteroatoms. The lowest BCUT2D eigenvalue weighted by atomic mass is 9.89. The third-order valence-corrected chi connectivity index (χ3v) is 4.02. The van der Waals surface area contributed by atoms with Crippen LogP contribution in [0.25, 0.3) is 0 Å². The van der Waals surface area contributed by atoms with Gasteiger partial charge in [0.1, 0.15) is 6.61 Å². The monoisotopic (exact) mass is 316 g/mol. The normalized spacial score (nSPS) is 21.4. The van der Waals surface area contributed by atoms with Crippen LogP contribution in [0.1, 0.15) is 36.9 Å². The molecule has 0 bridgehead atoms. The molecule has 1 aliphatic rings. The van der Waals surface area contributed by atoms with Gasteiger partial charge in [-0.1, -0.05) is 6.92 Å². The molecule has 1 heterocycles. The molecule has 2 rings (SSSR count). The predicted molar refractivity (Wildman–Crippen MR) is 76.4 cm³/mol. The van der Waals surface area contributed by atoms with Crippen LogP contribution in [0.15, 0.2) is 18.2 Å². The summed E-state index contributed by atoms with van der Waals surface area (Å²) in [7, 11) is 0. The van der Waals surface area contributed by atoms with Crippen LogP contribution in [0.5, 0.6) is 0 Å². The molecule has 122 valence electrons. The molecule has 1 aromatic carbocycles. The summed E-state index contributed by atoms with van der Waals surface area (Å²) in [4.78, 5) is 12.2. The van der Waals surface area contributed by atoms with Crippen molar-refractivity contribution in [1.82, 2.24) is 0 Å². The predicted octanol–water partition coefficient (Wildman–Crippen LogP) is 2.87. The first-order valence-electron chi connectivity index (χ1n) is 7.17. The summed E-state index contributed by atoms with van der Waals surface area (Å²) in [6.07, 6.45) is -3.00. The first-order chi connectivity index (χ1) is 10.4. The molecule has 0 aromatic heterocycles. The quantitative estimate of drug-likeness (QED) is 0.670. The molecule has 22 heavy (non-hydrogen) atoms. The summed E-state index contributed by atoms with van der Waals surface area (Å²) in [6.45, 7) is 2.99. The number of carbonyl (C=O) groups excluding carboxylic acids is 1. The minimum absolute atomic E-state index is 0.120. The molecule has 0 aliphatic carbocycles. The summed E-state index contributed by atoms with van der Waals surface area (Å²) >= 11 is 0. The fourth-order valence-corrected chi connectivity index (χ4v) is 2.92. The van der Waals surface area contributed by atoms with Gasteiger partial charge in [-0.05, 0) is 36.6 Å². The van der Waals surface area contributed by atoms with Crippen LogP contribution in [0.3, 0.4) is 0 Å². The molecule has 2 N–H and O–H groups in total. The van der Waals surface area contributed by atoms with Gasteiger partial charge in [0.2, 0.25) is 0 Å². The Morgan fingerprint density at radius 3 is 2.77 bits per heavy atom. The molecule has 0 radical (unpaired) electrons. The number of halogens is 3. The Hall–Kier alpha value is -1.76. The summed E-state index contributed by atoms with van der Waals surface area (Å²) < 4.78 is 43.3. The van der Waals surface area contributed by atoms with E-state index in [0.717, 1.165) is 18.6 Å². The average Bonchev–Trinajstić information content (AvgIpc) is 2.48. The van der Waals surface area contributed by atoms with E-state index in [1.165, 1.54) is 6.07 Å². The minimum atomic E-state index is -4.39. The molecule has 0 fully saturated rings. The van der Waals surface area contributed by atoms with Gasteiger partial charge in [-0.2, -0.15) is 13.2 Å². The van der Waals surface area contributed by atoms with Gasteiger partial charge in [0.05, 0.1) is 12.1 Å². The van der Waals surface area contributed by atoms with Crippen molar-refractivity contribution in [2.75, 3.05) is 18.1 Å². The zero-order valence-electron chi connectivity index (χ0n) is 12.3. The van der Waals surface area contributed by atoms with Crippen molar-refractivity contribution in [3.63, 3.8) is 0 Å². The van der Waals surface area contributed by atoms with Crippen LogP contribution < -0.4 is 10.6 Å². The van der Waals surface area contributed by atoms with Crippen molar-refractivity contribution in [3.05, 3.63) is 29.3 Å². The van der Waals surface area contributed by atoms with Crippen molar-refractivity contribution < 1.29 is 22.7 Å². The molecule has 0 amide bonds. The molecule has 1 aromatic rings. The first kappa shape index (κ1) is 16.6. The maximum atomic E-state index is 12.9. The van der Waals surface area contributed by atoms with Crippen LogP contribution in [-0.2, 0) is 15.7 Å². The van der Waals surface area contributed by atoms with Crippen LogP contribution in [0.2, 0.25) is 0 Å². The highest BCUT2D eigenvalue weighted by atomic mass is 19.4. The Bertz CT molecular complexity index is 534. The van der Waals surface area contributed by atoms with Gasteiger partial charge >= 0.3 is 6.18 Å². The maximum Gasteiger partial charge on any atom is 0.416 e. The van der Waals surface area contributed by atoms with Gasteiger partial charge in [-0.15, -0.1) is 0 Å². The molecule has 4 nitrogen and oxygen atoms in total. The van der Waals surface area contributed by atoms with Gasteiger partial charge in [-0.25, -0.2) is 0 Å². The fraction of sp³-hybridized carbons (Fsp3) is 0.533. The fourth-order valence-electron chi connectivity index (χ4n) is 2.92. The summed E-state index contributed by atoms with van der Waals surface area (Å²) in [5.74, 6) is 0. The van der Waals surface area contributed by atoms with Gasteiger partial charge in [-0.3, -0.25) is 4.79 Å². The van der Waals surface area contributed by atoms with Crippen LogP contribution >= 0.6 is 0 Å². The smallest absolute Gasteiger partial charge is 0.416 e. The third kappa shape index (κ3) is 3.35. The molecule has 2 unspecified atom stereocenters. The van der Waals surface area contributed by atoms with E-state index in [0.29, 0.717) is 30.7 Å². The largest absolute Gasteiger partial charge is 0.466 e. The molecule has 2 atom stereocenters. The van der Waals surface area contributed by atoms with E-state index in [4.69, 9.17) is 10.5 Å². The SMILES string of the molecule is CCC1CC(N)c2cc(C(F)(F)F)ccc2N1CCOC=O. The minimum Gasteiger partial charge on any atom is -0.466 e. The number of alkyl halides is 3. The summed E-state index contributed by atoms with van der Waals surface area (Å²) in [5, 5.41) is 0. The highest BCUT2D eigenvalue weighted by Crippen LogP contribution is 2.40. The number of nitrogens with two attached hydrogens (primary N) is 1. The first-order valence-corrected chi connectivity index (χ1v) is 7.17. The van der Waals surface area contributed by atoms with Gasteiger partial charge < -0.3 is 15.4 Å². The lowest BCUT2D eigenvalue weighted by Crippen LogP contribution is -2.44. The van der Waals surface area contributed by atoms with E-state index in [1.807, 2.05) is 11.8 Å². The number of anilines is 1. The van der Waals surface area contributed by atoms with E-state index in [-0.39, 0.29) is 12.6 Å². The second-order valence-corrected chi connectivity index (χ2v) is 5.34. The van der Waals surface area contributed by atoms with Crippen molar-refractivity contribution >= 4 is 12.2 Å². The Labute approximate surface area is 127 Å². The Kier molecular flexibility index (Phi) is 4.95. The van der Waals surface area contributed by atoms with E-state index < -0.39 is 17.8 Å². The van der Waals surface area contributed by atoms with E-state index in [2.05, 4.69) is 0 Å². The molecule has 0 saturated heterocycles. The topological polar surface area (TPSA) is 55.6 Å². The molecular weight excluding hydrogens is 297 g/mol. The standard InChI is InChI=1S/C15H19F3N2O2/c1-2-11-8-13(19)12-7-10(15(16,17)18)3-4-14(12)20(11)5-6-22-9-21/h3-4,7,9,11,13H,2,5-6,8,19H2,1H3. The summed E-state index contributed by atoms with van der Waals surface area (Å²) in [5.41, 5.74) is 6.55. The highest BCUT2D eigenvalue weighted by Gasteiger charge is 2.35. The Morgan fingerprint density at radius 2 is 2.18 bits per heavy atom. The Morgan fingerprint density at radius 1 is 1.45 bits per heavy atom. The number of hydrogen-bond acceptors (Lipinski definition) is 4.